The van der Waals surface area contributed by atoms with Crippen LogP contribution in [0.1, 0.15) is 62.1 Å². The van der Waals surface area contributed by atoms with E-state index in [1.165, 1.54) is 49.7 Å². The molecule has 0 heterocycles. The van der Waals surface area contributed by atoms with Crippen molar-refractivity contribution in [2.75, 3.05) is 0 Å². The van der Waals surface area contributed by atoms with E-state index >= 15 is 0 Å². The van der Waals surface area contributed by atoms with Crippen molar-refractivity contribution in [2.24, 2.45) is 17.8 Å². The monoisotopic (exact) mass is 283 g/mol. The van der Waals surface area contributed by atoms with E-state index in [-0.39, 0.29) is 0 Å². The third kappa shape index (κ3) is 1.88. The fourth-order valence-corrected chi connectivity index (χ4v) is 6.44. The van der Waals surface area contributed by atoms with Gasteiger partial charge < -0.3 is 10.4 Å². The minimum atomic E-state index is 0.423. The quantitative estimate of drug-likeness (QED) is 0.861. The number of fused-ring (bicyclic) bond motifs is 1. The summed E-state index contributed by atoms with van der Waals surface area (Å²) >= 11 is 0. The second-order valence-corrected chi connectivity index (χ2v) is 8.28. The van der Waals surface area contributed by atoms with Gasteiger partial charge in [-0.25, -0.2) is 0 Å². The van der Waals surface area contributed by atoms with Crippen LogP contribution in [0.3, 0.4) is 0 Å². The van der Waals surface area contributed by atoms with Gasteiger partial charge in [-0.2, -0.15) is 0 Å². The molecular formula is C19H25NO. The topological polar surface area (TPSA) is 32.3 Å². The van der Waals surface area contributed by atoms with E-state index in [0.717, 1.165) is 30.6 Å². The molecule has 0 aromatic heterocycles. The fourth-order valence-electron chi connectivity index (χ4n) is 6.44. The Morgan fingerprint density at radius 2 is 1.67 bits per heavy atom. The average molecular weight is 283 g/mol. The molecule has 2 heteroatoms. The van der Waals surface area contributed by atoms with Crippen LogP contribution in [-0.2, 0) is 6.42 Å². The number of rotatable bonds is 2. The van der Waals surface area contributed by atoms with Gasteiger partial charge in [-0.1, -0.05) is 12.1 Å². The molecule has 4 bridgehead atoms. The molecule has 0 aliphatic heterocycles. The summed E-state index contributed by atoms with van der Waals surface area (Å²) in [6.45, 7) is 0. The highest BCUT2D eigenvalue weighted by Gasteiger charge is 2.51. The van der Waals surface area contributed by atoms with Crippen molar-refractivity contribution < 1.29 is 5.11 Å². The first-order valence-electron chi connectivity index (χ1n) is 8.79. The minimum absolute atomic E-state index is 0.423. The van der Waals surface area contributed by atoms with Crippen molar-refractivity contribution >= 4 is 0 Å². The number of aromatic hydroxyl groups is 1. The zero-order valence-electron chi connectivity index (χ0n) is 12.6. The Morgan fingerprint density at radius 3 is 2.33 bits per heavy atom. The molecule has 0 amide bonds. The van der Waals surface area contributed by atoms with Crippen molar-refractivity contribution in [1.29, 1.82) is 0 Å². The summed E-state index contributed by atoms with van der Waals surface area (Å²) in [4.78, 5) is 0. The predicted octanol–water partition coefficient (Wildman–Crippen LogP) is 3.94. The first-order chi connectivity index (χ1) is 10.2. The number of hydrogen-bond donors (Lipinski definition) is 2. The molecule has 5 aliphatic carbocycles. The molecule has 1 aromatic rings. The Labute approximate surface area is 126 Å². The minimum Gasteiger partial charge on any atom is -0.508 e. The number of hydrogen-bond acceptors (Lipinski definition) is 2. The lowest BCUT2D eigenvalue weighted by Crippen LogP contribution is -2.58. The van der Waals surface area contributed by atoms with Gasteiger partial charge in [0.05, 0.1) is 0 Å². The largest absolute Gasteiger partial charge is 0.508 e. The van der Waals surface area contributed by atoms with Gasteiger partial charge in [0.25, 0.3) is 0 Å². The van der Waals surface area contributed by atoms with Crippen LogP contribution in [0, 0.1) is 17.8 Å². The Balaban J connectivity index is 1.43. The molecule has 4 fully saturated rings. The maximum Gasteiger partial charge on any atom is 0.119 e. The van der Waals surface area contributed by atoms with E-state index in [4.69, 9.17) is 0 Å². The van der Waals surface area contributed by atoms with Gasteiger partial charge in [0.1, 0.15) is 5.75 Å². The molecule has 4 saturated carbocycles. The summed E-state index contributed by atoms with van der Waals surface area (Å²) in [6, 6.07) is 6.54. The Morgan fingerprint density at radius 1 is 1.00 bits per heavy atom. The van der Waals surface area contributed by atoms with E-state index < -0.39 is 0 Å². The summed E-state index contributed by atoms with van der Waals surface area (Å²) in [5, 5.41) is 14.1. The Bertz CT molecular complexity index is 544. The van der Waals surface area contributed by atoms with E-state index in [2.05, 4.69) is 11.4 Å². The summed E-state index contributed by atoms with van der Waals surface area (Å²) in [5.74, 6) is 3.48. The van der Waals surface area contributed by atoms with Crippen LogP contribution in [0.5, 0.6) is 5.75 Å². The van der Waals surface area contributed by atoms with Gasteiger partial charge in [0, 0.05) is 11.6 Å². The Kier molecular flexibility index (Phi) is 2.54. The molecule has 1 atom stereocenters. The molecule has 2 N–H and O–H groups in total. The van der Waals surface area contributed by atoms with Crippen molar-refractivity contribution in [2.45, 2.75) is 62.9 Å². The van der Waals surface area contributed by atoms with E-state index in [0.29, 0.717) is 17.3 Å². The molecule has 1 unspecified atom stereocenters. The van der Waals surface area contributed by atoms with Crippen molar-refractivity contribution in [1.82, 2.24) is 5.32 Å². The smallest absolute Gasteiger partial charge is 0.119 e. The molecule has 1 aromatic carbocycles. The predicted molar refractivity (Wildman–Crippen MR) is 83.2 cm³/mol. The first kappa shape index (κ1) is 12.5. The van der Waals surface area contributed by atoms with Gasteiger partial charge >= 0.3 is 0 Å². The van der Waals surface area contributed by atoms with Gasteiger partial charge in [-0.15, -0.1) is 0 Å². The maximum absolute atomic E-state index is 10.1. The van der Waals surface area contributed by atoms with Crippen LogP contribution < -0.4 is 5.32 Å². The molecule has 2 nitrogen and oxygen atoms in total. The standard InChI is InChI=1S/C19H25NO/c21-18-3-1-2-15-16(18)4-5-17(15)20-19-9-12-6-13(10-19)8-14(7-12)11-19/h1-3,12-14,17,20-21H,4-11H2. The zero-order valence-corrected chi connectivity index (χ0v) is 12.6. The lowest BCUT2D eigenvalue weighted by Gasteiger charge is -2.58. The fraction of sp³-hybridized carbons (Fsp3) is 0.684. The normalized spacial score (nSPS) is 43.2. The molecule has 6 rings (SSSR count). The zero-order chi connectivity index (χ0) is 14.0. The van der Waals surface area contributed by atoms with Crippen molar-refractivity contribution in [3.05, 3.63) is 29.3 Å². The Hall–Kier alpha value is -1.02. The third-order valence-corrected chi connectivity index (χ3v) is 6.76. The van der Waals surface area contributed by atoms with Crippen LogP contribution in [0.4, 0.5) is 0 Å². The van der Waals surface area contributed by atoms with Crippen molar-refractivity contribution in [3.63, 3.8) is 0 Å². The van der Waals surface area contributed by atoms with Gasteiger partial charge in [0.15, 0.2) is 0 Å². The van der Waals surface area contributed by atoms with Crippen LogP contribution in [0.2, 0.25) is 0 Å². The van der Waals surface area contributed by atoms with E-state index in [1.807, 2.05) is 12.1 Å². The summed E-state index contributed by atoms with van der Waals surface area (Å²) in [5.41, 5.74) is 2.98. The van der Waals surface area contributed by atoms with Crippen molar-refractivity contribution in [3.8, 4) is 5.75 Å². The van der Waals surface area contributed by atoms with Gasteiger partial charge in [-0.05, 0) is 86.3 Å². The van der Waals surface area contributed by atoms with Crippen LogP contribution in [0.15, 0.2) is 18.2 Å². The molecule has 0 saturated heterocycles. The summed E-state index contributed by atoms with van der Waals surface area (Å²) in [6.07, 6.45) is 10.9. The second kappa shape index (κ2) is 4.25. The highest BCUT2D eigenvalue weighted by molar-refractivity contribution is 5.44. The number of phenols is 1. The summed E-state index contributed by atoms with van der Waals surface area (Å²) in [7, 11) is 0. The lowest BCUT2D eigenvalue weighted by atomic mass is 9.53. The molecule has 112 valence electrons. The third-order valence-electron chi connectivity index (χ3n) is 6.76. The summed E-state index contributed by atoms with van der Waals surface area (Å²) < 4.78 is 0. The maximum atomic E-state index is 10.1. The molecule has 0 radical (unpaired) electrons. The van der Waals surface area contributed by atoms with Gasteiger partial charge in [0.2, 0.25) is 0 Å². The van der Waals surface area contributed by atoms with Crippen LogP contribution in [0.25, 0.3) is 0 Å². The van der Waals surface area contributed by atoms with Crippen LogP contribution in [-0.4, -0.2) is 10.6 Å². The molecule has 0 spiro atoms. The second-order valence-electron chi connectivity index (χ2n) is 8.28. The SMILES string of the molecule is Oc1cccc2c1CCC2NC12CC3CC(CC(C3)C1)C2. The van der Waals surface area contributed by atoms with E-state index in [9.17, 15) is 5.11 Å². The van der Waals surface area contributed by atoms with E-state index in [1.54, 1.807) is 0 Å². The van der Waals surface area contributed by atoms with Gasteiger partial charge in [-0.3, -0.25) is 0 Å². The number of phenolic OH excluding ortho intramolecular Hbond substituents is 1. The van der Waals surface area contributed by atoms with Crippen LogP contribution >= 0.6 is 0 Å². The number of benzene rings is 1. The molecule has 21 heavy (non-hydrogen) atoms. The highest BCUT2D eigenvalue weighted by Crippen LogP contribution is 2.56. The molecule has 5 aliphatic rings. The average Bonchev–Trinajstić information content (AvgIpc) is 2.81. The molecular weight excluding hydrogens is 258 g/mol. The highest BCUT2D eigenvalue weighted by atomic mass is 16.3. The first-order valence-corrected chi connectivity index (χ1v) is 8.79. The lowest BCUT2D eigenvalue weighted by molar-refractivity contribution is -0.0254. The number of nitrogens with one attached hydrogen (secondary N) is 1.